The Labute approximate surface area is 103 Å². The van der Waals surface area contributed by atoms with Gasteiger partial charge in [0.1, 0.15) is 11.4 Å². The van der Waals surface area contributed by atoms with Crippen LogP contribution in [0.15, 0.2) is 42.5 Å². The van der Waals surface area contributed by atoms with Gasteiger partial charge < -0.3 is 5.11 Å². The third kappa shape index (κ3) is 2.24. The minimum absolute atomic E-state index is 0.202. The SMILES string of the molecule is CC(O)(c1ccc(F)cc1)c1ccc(F)c(F)c1. The van der Waals surface area contributed by atoms with Crippen LogP contribution in [0.1, 0.15) is 18.1 Å². The Morgan fingerprint density at radius 3 is 1.94 bits per heavy atom. The third-order valence-electron chi connectivity index (χ3n) is 2.89. The molecule has 2 aromatic carbocycles. The molecule has 0 bridgehead atoms. The number of hydrogen-bond donors (Lipinski definition) is 1. The van der Waals surface area contributed by atoms with Crippen molar-refractivity contribution >= 4 is 0 Å². The van der Waals surface area contributed by atoms with Crippen LogP contribution in [0.3, 0.4) is 0 Å². The van der Waals surface area contributed by atoms with Crippen molar-refractivity contribution < 1.29 is 18.3 Å². The summed E-state index contributed by atoms with van der Waals surface area (Å²) in [6.45, 7) is 1.44. The molecule has 1 N–H and O–H groups in total. The summed E-state index contributed by atoms with van der Waals surface area (Å²) in [4.78, 5) is 0. The van der Waals surface area contributed by atoms with E-state index < -0.39 is 23.1 Å². The lowest BCUT2D eigenvalue weighted by Crippen LogP contribution is -2.23. The van der Waals surface area contributed by atoms with Crippen molar-refractivity contribution in [3.8, 4) is 0 Å². The molecule has 4 heteroatoms. The minimum Gasteiger partial charge on any atom is -0.381 e. The molecule has 2 aromatic rings. The molecular formula is C14H11F3O. The van der Waals surface area contributed by atoms with Gasteiger partial charge in [0.15, 0.2) is 11.6 Å². The number of rotatable bonds is 2. The highest BCUT2D eigenvalue weighted by Crippen LogP contribution is 2.29. The molecule has 0 aliphatic rings. The molecule has 0 amide bonds. The summed E-state index contributed by atoms with van der Waals surface area (Å²) in [5, 5.41) is 10.4. The van der Waals surface area contributed by atoms with E-state index in [4.69, 9.17) is 0 Å². The van der Waals surface area contributed by atoms with Gasteiger partial charge in [0.25, 0.3) is 0 Å². The fourth-order valence-corrected chi connectivity index (χ4v) is 1.74. The average Bonchev–Trinajstić information content (AvgIpc) is 2.33. The monoisotopic (exact) mass is 252 g/mol. The van der Waals surface area contributed by atoms with E-state index in [1.807, 2.05) is 0 Å². The minimum atomic E-state index is -1.51. The van der Waals surface area contributed by atoms with E-state index in [9.17, 15) is 18.3 Å². The molecule has 1 unspecified atom stereocenters. The van der Waals surface area contributed by atoms with Crippen LogP contribution in [-0.4, -0.2) is 5.11 Å². The summed E-state index contributed by atoms with van der Waals surface area (Å²) >= 11 is 0. The van der Waals surface area contributed by atoms with Crippen LogP contribution < -0.4 is 0 Å². The first-order chi connectivity index (χ1) is 8.41. The Kier molecular flexibility index (Phi) is 3.13. The third-order valence-corrected chi connectivity index (χ3v) is 2.89. The lowest BCUT2D eigenvalue weighted by molar-refractivity contribution is 0.102. The maximum atomic E-state index is 13.1. The van der Waals surface area contributed by atoms with Gasteiger partial charge in [-0.25, -0.2) is 13.2 Å². The van der Waals surface area contributed by atoms with Gasteiger partial charge in [-0.05, 0) is 42.3 Å². The van der Waals surface area contributed by atoms with Gasteiger partial charge in [0, 0.05) is 0 Å². The molecular weight excluding hydrogens is 241 g/mol. The van der Waals surface area contributed by atoms with Gasteiger partial charge in [-0.2, -0.15) is 0 Å². The van der Waals surface area contributed by atoms with Crippen LogP contribution in [0.2, 0.25) is 0 Å². The van der Waals surface area contributed by atoms with Gasteiger partial charge in [-0.1, -0.05) is 18.2 Å². The van der Waals surface area contributed by atoms with Crippen LogP contribution in [0, 0.1) is 17.5 Å². The first kappa shape index (κ1) is 12.6. The second kappa shape index (κ2) is 4.46. The molecule has 0 spiro atoms. The second-order valence-electron chi connectivity index (χ2n) is 4.21. The second-order valence-corrected chi connectivity index (χ2v) is 4.21. The molecule has 0 fully saturated rings. The van der Waals surface area contributed by atoms with E-state index in [0.717, 1.165) is 12.1 Å². The van der Waals surface area contributed by atoms with Crippen LogP contribution in [0.5, 0.6) is 0 Å². The van der Waals surface area contributed by atoms with Crippen molar-refractivity contribution in [1.29, 1.82) is 0 Å². The van der Waals surface area contributed by atoms with E-state index in [1.54, 1.807) is 0 Å². The topological polar surface area (TPSA) is 20.2 Å². The highest BCUT2D eigenvalue weighted by molar-refractivity contribution is 5.35. The normalized spacial score (nSPS) is 14.3. The maximum Gasteiger partial charge on any atom is 0.159 e. The largest absolute Gasteiger partial charge is 0.381 e. The van der Waals surface area contributed by atoms with Gasteiger partial charge in [-0.15, -0.1) is 0 Å². The number of aliphatic hydroxyl groups is 1. The maximum absolute atomic E-state index is 13.1. The van der Waals surface area contributed by atoms with Crippen LogP contribution in [0.25, 0.3) is 0 Å². The van der Waals surface area contributed by atoms with Crippen LogP contribution in [0.4, 0.5) is 13.2 Å². The van der Waals surface area contributed by atoms with Crippen molar-refractivity contribution in [2.24, 2.45) is 0 Å². The quantitative estimate of drug-likeness (QED) is 0.868. The molecule has 0 aliphatic carbocycles. The van der Waals surface area contributed by atoms with Crippen LogP contribution in [-0.2, 0) is 5.60 Å². The summed E-state index contributed by atoms with van der Waals surface area (Å²) < 4.78 is 38.8. The summed E-state index contributed by atoms with van der Waals surface area (Å²) in [7, 11) is 0. The highest BCUT2D eigenvalue weighted by atomic mass is 19.2. The van der Waals surface area contributed by atoms with Gasteiger partial charge in [0.05, 0.1) is 0 Å². The lowest BCUT2D eigenvalue weighted by atomic mass is 9.88. The molecule has 0 radical (unpaired) electrons. The molecule has 1 nitrogen and oxygen atoms in total. The highest BCUT2D eigenvalue weighted by Gasteiger charge is 2.26. The van der Waals surface area contributed by atoms with E-state index >= 15 is 0 Å². The van der Waals surface area contributed by atoms with E-state index in [-0.39, 0.29) is 5.56 Å². The number of hydrogen-bond acceptors (Lipinski definition) is 1. The molecule has 0 aromatic heterocycles. The van der Waals surface area contributed by atoms with Gasteiger partial charge in [-0.3, -0.25) is 0 Å². The van der Waals surface area contributed by atoms with E-state index in [2.05, 4.69) is 0 Å². The van der Waals surface area contributed by atoms with Crippen molar-refractivity contribution in [2.75, 3.05) is 0 Å². The van der Waals surface area contributed by atoms with Crippen molar-refractivity contribution in [3.05, 3.63) is 71.0 Å². The molecule has 94 valence electrons. The zero-order valence-corrected chi connectivity index (χ0v) is 9.62. The van der Waals surface area contributed by atoms with E-state index in [0.29, 0.717) is 5.56 Å². The first-order valence-corrected chi connectivity index (χ1v) is 5.35. The first-order valence-electron chi connectivity index (χ1n) is 5.35. The van der Waals surface area contributed by atoms with E-state index in [1.165, 1.54) is 37.3 Å². The molecule has 0 saturated carbocycles. The Balaban J connectivity index is 2.46. The van der Waals surface area contributed by atoms with Gasteiger partial charge in [0.2, 0.25) is 0 Å². The molecule has 0 aliphatic heterocycles. The fourth-order valence-electron chi connectivity index (χ4n) is 1.74. The Hall–Kier alpha value is -1.81. The number of benzene rings is 2. The standard InChI is InChI=1S/C14H11F3O/c1-14(18,9-2-5-11(15)6-3-9)10-4-7-12(16)13(17)8-10/h2-8,18H,1H3. The zero-order chi connectivity index (χ0) is 13.3. The lowest BCUT2D eigenvalue weighted by Gasteiger charge is -2.24. The fraction of sp³-hybridized carbons (Fsp3) is 0.143. The smallest absolute Gasteiger partial charge is 0.159 e. The van der Waals surface area contributed by atoms with Crippen molar-refractivity contribution in [2.45, 2.75) is 12.5 Å². The van der Waals surface area contributed by atoms with Crippen molar-refractivity contribution in [1.82, 2.24) is 0 Å². The van der Waals surface area contributed by atoms with Crippen molar-refractivity contribution in [3.63, 3.8) is 0 Å². The molecule has 1 atom stereocenters. The average molecular weight is 252 g/mol. The summed E-state index contributed by atoms with van der Waals surface area (Å²) in [6, 6.07) is 8.36. The summed E-state index contributed by atoms with van der Waals surface area (Å²) in [6.07, 6.45) is 0. The summed E-state index contributed by atoms with van der Waals surface area (Å²) in [5.74, 6) is -2.44. The Bertz CT molecular complexity index is 562. The number of halogens is 3. The summed E-state index contributed by atoms with van der Waals surface area (Å²) in [5.41, 5.74) is -0.912. The predicted octanol–water partition coefficient (Wildman–Crippen LogP) is 3.36. The Morgan fingerprint density at radius 2 is 1.39 bits per heavy atom. The molecule has 0 saturated heterocycles. The molecule has 18 heavy (non-hydrogen) atoms. The Morgan fingerprint density at radius 1 is 0.833 bits per heavy atom. The van der Waals surface area contributed by atoms with Crippen LogP contribution >= 0.6 is 0 Å². The molecule has 0 heterocycles. The predicted molar refractivity (Wildman–Crippen MR) is 61.4 cm³/mol. The zero-order valence-electron chi connectivity index (χ0n) is 9.62. The molecule has 2 rings (SSSR count). The van der Waals surface area contributed by atoms with Gasteiger partial charge >= 0.3 is 0 Å².